The summed E-state index contributed by atoms with van der Waals surface area (Å²) in [6, 6.07) is 8.51. The minimum atomic E-state index is -1.16. The maximum atomic E-state index is 14.1. The Morgan fingerprint density at radius 1 is 1.03 bits per heavy atom. The number of nitrogens with zero attached hydrogens (tertiary/aromatic N) is 1. The first-order chi connectivity index (χ1) is 17.4. The lowest BCUT2D eigenvalue weighted by atomic mass is 9.70. The summed E-state index contributed by atoms with van der Waals surface area (Å²) in [5.74, 6) is -2.16. The van der Waals surface area contributed by atoms with Gasteiger partial charge in [0.15, 0.2) is 0 Å². The largest absolute Gasteiger partial charge is 0.376 e. The number of hydrogen-bond donors (Lipinski definition) is 2. The summed E-state index contributed by atoms with van der Waals surface area (Å²) in [6.45, 7) is 2.84. The molecular weight excluding hydrogens is 458 g/mol. The molecule has 1 spiro atoms. The summed E-state index contributed by atoms with van der Waals surface area (Å²) in [6.07, 6.45) is 10.7. The van der Waals surface area contributed by atoms with Crippen molar-refractivity contribution in [3.8, 4) is 0 Å². The van der Waals surface area contributed by atoms with E-state index in [-0.39, 0.29) is 29.9 Å². The average molecular weight is 494 g/mol. The molecule has 2 N–H and O–H groups in total. The van der Waals surface area contributed by atoms with Crippen LogP contribution in [0.5, 0.6) is 0 Å². The first kappa shape index (κ1) is 23.7. The molecule has 8 nitrogen and oxygen atoms in total. The fourth-order valence-corrected chi connectivity index (χ4v) is 7.10. The summed E-state index contributed by atoms with van der Waals surface area (Å²) in [5, 5.41) is 6.21. The van der Waals surface area contributed by atoms with Gasteiger partial charge in [-0.15, -0.1) is 0 Å². The lowest BCUT2D eigenvalue weighted by Crippen LogP contribution is -2.57. The monoisotopic (exact) mass is 493 g/mol. The van der Waals surface area contributed by atoms with Crippen LogP contribution in [-0.4, -0.2) is 65.2 Å². The number of para-hydroxylation sites is 1. The highest BCUT2D eigenvalue weighted by Crippen LogP contribution is 2.60. The number of amides is 3. The van der Waals surface area contributed by atoms with Crippen LogP contribution in [0, 0.1) is 11.8 Å². The van der Waals surface area contributed by atoms with Crippen LogP contribution in [0.25, 0.3) is 0 Å². The van der Waals surface area contributed by atoms with E-state index in [9.17, 15) is 14.4 Å². The highest BCUT2D eigenvalue weighted by Gasteiger charge is 2.76. The average Bonchev–Trinajstić information content (AvgIpc) is 3.61. The highest BCUT2D eigenvalue weighted by molar-refractivity contribution is 6.03. The summed E-state index contributed by atoms with van der Waals surface area (Å²) in [4.78, 5) is 43.2. The van der Waals surface area contributed by atoms with E-state index in [4.69, 9.17) is 9.47 Å². The number of ether oxygens (including phenoxy) is 2. The number of carbonyl (C=O) groups excluding carboxylic acids is 3. The molecule has 2 bridgehead atoms. The van der Waals surface area contributed by atoms with E-state index < -0.39 is 29.1 Å². The number of benzene rings is 1. The van der Waals surface area contributed by atoms with Crippen molar-refractivity contribution in [2.45, 2.75) is 81.3 Å². The molecule has 5 aliphatic rings. The van der Waals surface area contributed by atoms with Gasteiger partial charge in [-0.2, -0.15) is 0 Å². The van der Waals surface area contributed by atoms with Crippen molar-refractivity contribution in [2.75, 3.05) is 18.5 Å². The zero-order chi connectivity index (χ0) is 24.9. The molecule has 0 unspecified atom stereocenters. The summed E-state index contributed by atoms with van der Waals surface area (Å²) < 4.78 is 12.4. The Morgan fingerprint density at radius 2 is 1.81 bits per heavy atom. The van der Waals surface area contributed by atoms with Crippen molar-refractivity contribution in [3.63, 3.8) is 0 Å². The van der Waals surface area contributed by atoms with Crippen LogP contribution >= 0.6 is 0 Å². The number of anilines is 1. The highest BCUT2D eigenvalue weighted by atomic mass is 16.5. The summed E-state index contributed by atoms with van der Waals surface area (Å²) in [7, 11) is 0. The second kappa shape index (κ2) is 8.99. The number of nitrogens with one attached hydrogen (secondary N) is 2. The minimum Gasteiger partial charge on any atom is -0.376 e. The quantitative estimate of drug-likeness (QED) is 0.594. The van der Waals surface area contributed by atoms with Crippen molar-refractivity contribution in [3.05, 3.63) is 42.5 Å². The molecule has 4 aliphatic heterocycles. The normalized spacial score (nSPS) is 37.4. The smallest absolute Gasteiger partial charge is 0.246 e. The van der Waals surface area contributed by atoms with Gasteiger partial charge in [-0.3, -0.25) is 14.4 Å². The predicted octanol–water partition coefficient (Wildman–Crippen LogP) is 2.79. The van der Waals surface area contributed by atoms with Crippen LogP contribution in [0.4, 0.5) is 5.69 Å². The van der Waals surface area contributed by atoms with Gasteiger partial charge in [0.2, 0.25) is 17.7 Å². The Kier molecular flexibility index (Phi) is 5.91. The number of fused-ring (bicyclic) bond motifs is 1. The van der Waals surface area contributed by atoms with Crippen molar-refractivity contribution >= 4 is 23.4 Å². The second-order valence-corrected chi connectivity index (χ2v) is 11.2. The molecule has 6 atom stereocenters. The van der Waals surface area contributed by atoms with E-state index in [0.717, 1.165) is 38.5 Å². The van der Waals surface area contributed by atoms with E-state index >= 15 is 0 Å². The SMILES string of the molecule is C[C@@]12C=C[C@@]3(O1)[C@H](C(=O)N(C[C@@H]1CCCO1)[C@H]3C(=O)NC1CCCCC1)[C@@H]2C(=O)Nc1ccccc1. The van der Waals surface area contributed by atoms with Crippen LogP contribution in [0.1, 0.15) is 51.9 Å². The zero-order valence-electron chi connectivity index (χ0n) is 20.8. The van der Waals surface area contributed by atoms with Crippen LogP contribution in [-0.2, 0) is 23.9 Å². The Labute approximate surface area is 211 Å². The molecule has 1 aromatic rings. The van der Waals surface area contributed by atoms with Gasteiger partial charge in [-0.25, -0.2) is 0 Å². The van der Waals surface area contributed by atoms with Crippen molar-refractivity contribution in [1.29, 1.82) is 0 Å². The number of likely N-dealkylation sites (tertiary alicyclic amines) is 1. The Hall–Kier alpha value is -2.71. The fraction of sp³-hybridized carbons (Fsp3) is 0.607. The number of rotatable bonds is 6. The lowest BCUT2D eigenvalue weighted by Gasteiger charge is -2.35. The van der Waals surface area contributed by atoms with Crippen LogP contribution < -0.4 is 10.6 Å². The molecule has 3 saturated heterocycles. The number of carbonyl (C=O) groups is 3. The first-order valence-electron chi connectivity index (χ1n) is 13.4. The fourth-order valence-electron chi connectivity index (χ4n) is 7.10. The number of hydrogen-bond acceptors (Lipinski definition) is 5. The molecule has 8 heteroatoms. The third kappa shape index (κ3) is 3.77. The maximum absolute atomic E-state index is 14.1. The molecular formula is C28H35N3O5. The van der Waals surface area contributed by atoms with Crippen molar-refractivity contribution < 1.29 is 23.9 Å². The Morgan fingerprint density at radius 3 is 2.53 bits per heavy atom. The topological polar surface area (TPSA) is 97.0 Å². The van der Waals surface area contributed by atoms with Gasteiger partial charge in [0.25, 0.3) is 0 Å². The molecule has 1 aliphatic carbocycles. The van der Waals surface area contributed by atoms with Crippen LogP contribution in [0.3, 0.4) is 0 Å². The van der Waals surface area contributed by atoms with Gasteiger partial charge in [0.05, 0.1) is 23.5 Å². The summed E-state index contributed by atoms with van der Waals surface area (Å²) >= 11 is 0. The Balaban J connectivity index is 1.33. The van der Waals surface area contributed by atoms with E-state index in [0.29, 0.717) is 18.8 Å². The van der Waals surface area contributed by atoms with Crippen molar-refractivity contribution in [1.82, 2.24) is 10.2 Å². The molecule has 4 fully saturated rings. The molecule has 1 saturated carbocycles. The molecule has 0 radical (unpaired) electrons. The van der Waals surface area contributed by atoms with Gasteiger partial charge in [0, 0.05) is 24.9 Å². The predicted molar refractivity (Wildman–Crippen MR) is 133 cm³/mol. The molecule has 36 heavy (non-hydrogen) atoms. The van der Waals surface area contributed by atoms with E-state index in [1.54, 1.807) is 4.90 Å². The lowest BCUT2D eigenvalue weighted by molar-refractivity contribution is -0.145. The van der Waals surface area contributed by atoms with Gasteiger partial charge in [-0.05, 0) is 44.7 Å². The van der Waals surface area contributed by atoms with Crippen molar-refractivity contribution in [2.24, 2.45) is 11.8 Å². The zero-order valence-corrected chi connectivity index (χ0v) is 20.8. The maximum Gasteiger partial charge on any atom is 0.246 e. The second-order valence-electron chi connectivity index (χ2n) is 11.2. The summed E-state index contributed by atoms with van der Waals surface area (Å²) in [5.41, 5.74) is -1.46. The third-order valence-electron chi connectivity index (χ3n) is 8.74. The molecule has 6 rings (SSSR count). The van der Waals surface area contributed by atoms with Crippen LogP contribution in [0.2, 0.25) is 0 Å². The van der Waals surface area contributed by atoms with Gasteiger partial charge >= 0.3 is 0 Å². The minimum absolute atomic E-state index is 0.108. The van der Waals surface area contributed by atoms with E-state index in [2.05, 4.69) is 10.6 Å². The third-order valence-corrected chi connectivity index (χ3v) is 8.74. The van der Waals surface area contributed by atoms with Gasteiger partial charge in [-0.1, -0.05) is 49.6 Å². The Bertz CT molecular complexity index is 1060. The van der Waals surface area contributed by atoms with Gasteiger partial charge in [0.1, 0.15) is 11.6 Å². The van der Waals surface area contributed by atoms with E-state index in [1.807, 2.05) is 49.4 Å². The standard InChI is InChI=1S/C28H35N3O5/c1-27-14-15-28(36-27)22(21(27)24(32)29-18-9-4-2-5-10-18)26(34)31(17-20-13-8-16-35-20)23(28)25(33)30-19-11-6-3-7-12-19/h2,4-5,9-10,14-15,19-23H,3,6-8,11-13,16-17H2,1H3,(H,29,32)(H,30,33)/t20-,21+,22-,23-,27-,28+/m0/s1. The molecule has 3 amide bonds. The first-order valence-corrected chi connectivity index (χ1v) is 13.4. The van der Waals surface area contributed by atoms with Crippen LogP contribution in [0.15, 0.2) is 42.5 Å². The molecule has 192 valence electrons. The molecule has 4 heterocycles. The molecule has 1 aromatic carbocycles. The van der Waals surface area contributed by atoms with E-state index in [1.165, 1.54) is 6.42 Å². The molecule has 0 aromatic heterocycles. The van der Waals surface area contributed by atoms with Gasteiger partial charge < -0.3 is 25.0 Å².